The van der Waals surface area contributed by atoms with Gasteiger partial charge in [-0.05, 0) is 26.2 Å². The van der Waals surface area contributed by atoms with Crippen LogP contribution in [0.1, 0.15) is 25.3 Å². The molecule has 2 fully saturated rings. The third kappa shape index (κ3) is 2.84. The van der Waals surface area contributed by atoms with Crippen LogP contribution in [0.5, 0.6) is 0 Å². The average molecular weight is 308 g/mol. The molecule has 1 aromatic rings. The number of rotatable bonds is 4. The molecule has 0 saturated carbocycles. The monoisotopic (exact) mass is 308 g/mol. The van der Waals surface area contributed by atoms with Crippen LogP contribution in [0, 0.1) is 5.92 Å². The molecule has 2 aliphatic rings. The van der Waals surface area contributed by atoms with E-state index in [1.54, 1.807) is 18.4 Å². The van der Waals surface area contributed by atoms with Crippen molar-refractivity contribution in [3.05, 3.63) is 16.6 Å². The summed E-state index contributed by atoms with van der Waals surface area (Å²) in [6.07, 6.45) is 2.86. The Kier molecular flexibility index (Phi) is 4.28. The van der Waals surface area contributed by atoms with E-state index in [1.165, 1.54) is 5.01 Å². The second-order valence-corrected chi connectivity index (χ2v) is 7.33. The van der Waals surface area contributed by atoms with Crippen molar-refractivity contribution >= 4 is 17.2 Å². The molecule has 1 aromatic heterocycles. The number of aromatic nitrogens is 1. The van der Waals surface area contributed by atoms with Crippen LogP contribution < -0.4 is 5.32 Å². The van der Waals surface area contributed by atoms with Crippen molar-refractivity contribution in [3.8, 4) is 0 Å². The molecule has 116 valence electrons. The second kappa shape index (κ2) is 6.02. The zero-order valence-corrected chi connectivity index (χ0v) is 13.8. The number of nitrogens with one attached hydrogen (secondary N) is 1. The molecule has 0 aliphatic carbocycles. The molecule has 0 aromatic carbocycles. The molecule has 0 bridgehead atoms. The lowest BCUT2D eigenvalue weighted by molar-refractivity contribution is -0.126. The number of amides is 1. The Hall–Kier alpha value is -0.980. The number of hydrogen-bond donors (Lipinski definition) is 1. The van der Waals surface area contributed by atoms with Gasteiger partial charge in [0.05, 0.1) is 12.6 Å². The summed E-state index contributed by atoms with van der Waals surface area (Å²) in [6, 6.07) is 0.960. The Morgan fingerprint density at radius 2 is 2.33 bits per heavy atom. The molecule has 0 radical (unpaired) electrons. The van der Waals surface area contributed by atoms with Crippen LogP contribution in [0.15, 0.2) is 11.6 Å². The number of nitrogens with zero attached hydrogens (tertiary/aromatic N) is 3. The van der Waals surface area contributed by atoms with E-state index in [4.69, 9.17) is 0 Å². The van der Waals surface area contributed by atoms with Gasteiger partial charge < -0.3 is 5.32 Å². The highest BCUT2D eigenvalue weighted by atomic mass is 32.1. The number of carbonyl (C=O) groups is 1. The average Bonchev–Trinajstić information content (AvgIpc) is 3.12. The Morgan fingerprint density at radius 1 is 1.52 bits per heavy atom. The molecule has 3 heterocycles. The number of hydrogen-bond acceptors (Lipinski definition) is 5. The van der Waals surface area contributed by atoms with Gasteiger partial charge in [0.2, 0.25) is 5.91 Å². The first kappa shape index (κ1) is 14.9. The van der Waals surface area contributed by atoms with E-state index >= 15 is 0 Å². The summed E-state index contributed by atoms with van der Waals surface area (Å²) in [5, 5.41) is 6.05. The Morgan fingerprint density at radius 3 is 2.95 bits per heavy atom. The van der Waals surface area contributed by atoms with E-state index < -0.39 is 0 Å². The molecule has 2 saturated heterocycles. The molecule has 0 spiro atoms. The summed E-state index contributed by atoms with van der Waals surface area (Å²) in [5.41, 5.74) is 0. The fraction of sp³-hybridized carbons (Fsp3) is 0.733. The normalized spacial score (nSPS) is 30.0. The maximum atomic E-state index is 12.1. The predicted octanol–water partition coefficient (Wildman–Crippen LogP) is 1.17. The van der Waals surface area contributed by atoms with Crippen LogP contribution in [0.4, 0.5) is 0 Å². The minimum absolute atomic E-state index is 0.0482. The lowest BCUT2D eigenvalue weighted by Crippen LogP contribution is -2.50. The standard InChI is InChI=1S/C15H24N4OS/c1-10(2)19-12(15(20)16-3)6-11-7-18(8-13(11)19)9-14-17-4-5-21-14/h4-5,10-13H,6-9H2,1-3H3,(H,16,20)/t11-,12-,13+/m1/s1. The van der Waals surface area contributed by atoms with Crippen molar-refractivity contribution in [2.75, 3.05) is 20.1 Å². The Labute approximate surface area is 130 Å². The summed E-state index contributed by atoms with van der Waals surface area (Å²) < 4.78 is 0. The van der Waals surface area contributed by atoms with Crippen molar-refractivity contribution < 1.29 is 4.79 Å². The molecule has 5 nitrogen and oxygen atoms in total. The molecular formula is C15H24N4OS. The SMILES string of the molecule is CNC(=O)[C@H]1C[C@@H]2CN(Cc3nccs3)C[C@@H]2N1C(C)C. The fourth-order valence-electron chi connectivity index (χ4n) is 3.95. The van der Waals surface area contributed by atoms with Crippen molar-refractivity contribution in [1.29, 1.82) is 0 Å². The van der Waals surface area contributed by atoms with Crippen LogP contribution in [0.3, 0.4) is 0 Å². The largest absolute Gasteiger partial charge is 0.358 e. The molecule has 3 rings (SSSR count). The topological polar surface area (TPSA) is 48.5 Å². The number of thiazole rings is 1. The first-order valence-electron chi connectivity index (χ1n) is 7.70. The summed E-state index contributed by atoms with van der Waals surface area (Å²) in [4.78, 5) is 21.4. The summed E-state index contributed by atoms with van der Waals surface area (Å²) in [5.74, 6) is 0.777. The molecular weight excluding hydrogens is 284 g/mol. The van der Waals surface area contributed by atoms with E-state index in [0.717, 1.165) is 26.1 Å². The predicted molar refractivity (Wildman–Crippen MR) is 84.1 cm³/mol. The highest BCUT2D eigenvalue weighted by Crippen LogP contribution is 2.37. The smallest absolute Gasteiger partial charge is 0.237 e. The number of fused-ring (bicyclic) bond motifs is 1. The van der Waals surface area contributed by atoms with Crippen LogP contribution in [-0.4, -0.2) is 59.0 Å². The van der Waals surface area contributed by atoms with Crippen LogP contribution in [0.25, 0.3) is 0 Å². The van der Waals surface area contributed by atoms with Crippen molar-refractivity contribution in [2.45, 2.75) is 44.9 Å². The Bertz CT molecular complexity index is 490. The van der Waals surface area contributed by atoms with Gasteiger partial charge in [-0.3, -0.25) is 14.6 Å². The molecule has 21 heavy (non-hydrogen) atoms. The molecule has 0 unspecified atom stereocenters. The van der Waals surface area contributed by atoms with E-state index in [-0.39, 0.29) is 11.9 Å². The van der Waals surface area contributed by atoms with Gasteiger partial charge in [0.1, 0.15) is 5.01 Å². The second-order valence-electron chi connectivity index (χ2n) is 6.35. The van der Waals surface area contributed by atoms with Crippen LogP contribution in [0.2, 0.25) is 0 Å². The third-order valence-electron chi connectivity index (χ3n) is 4.74. The molecule has 2 aliphatic heterocycles. The lowest BCUT2D eigenvalue weighted by Gasteiger charge is -2.33. The minimum atomic E-state index is 0.0482. The minimum Gasteiger partial charge on any atom is -0.358 e. The highest BCUT2D eigenvalue weighted by molar-refractivity contribution is 7.09. The van der Waals surface area contributed by atoms with Gasteiger partial charge in [0.25, 0.3) is 0 Å². The zero-order valence-electron chi connectivity index (χ0n) is 13.0. The van der Waals surface area contributed by atoms with E-state index in [0.29, 0.717) is 18.0 Å². The summed E-state index contributed by atoms with van der Waals surface area (Å²) >= 11 is 1.72. The van der Waals surface area contributed by atoms with Gasteiger partial charge in [-0.2, -0.15) is 0 Å². The molecule has 1 N–H and O–H groups in total. The highest BCUT2D eigenvalue weighted by Gasteiger charge is 2.49. The van der Waals surface area contributed by atoms with E-state index in [1.807, 2.05) is 11.6 Å². The first-order chi connectivity index (χ1) is 10.1. The van der Waals surface area contributed by atoms with Gasteiger partial charge in [-0.15, -0.1) is 11.3 Å². The van der Waals surface area contributed by atoms with Crippen molar-refractivity contribution in [1.82, 2.24) is 20.1 Å². The van der Waals surface area contributed by atoms with Crippen molar-refractivity contribution in [2.24, 2.45) is 5.92 Å². The van der Waals surface area contributed by atoms with Gasteiger partial charge in [0.15, 0.2) is 0 Å². The Balaban J connectivity index is 1.69. The molecule has 1 amide bonds. The first-order valence-corrected chi connectivity index (χ1v) is 8.58. The van der Waals surface area contributed by atoms with Gasteiger partial charge in [-0.1, -0.05) is 0 Å². The summed E-state index contributed by atoms with van der Waals surface area (Å²) in [6.45, 7) is 7.47. The number of likely N-dealkylation sites (N-methyl/N-ethyl adjacent to an activating group) is 1. The van der Waals surface area contributed by atoms with Gasteiger partial charge in [0, 0.05) is 43.8 Å². The molecule has 3 atom stereocenters. The van der Waals surface area contributed by atoms with Crippen molar-refractivity contribution in [3.63, 3.8) is 0 Å². The van der Waals surface area contributed by atoms with E-state index in [2.05, 4.69) is 33.9 Å². The van der Waals surface area contributed by atoms with Crippen LogP contribution in [-0.2, 0) is 11.3 Å². The maximum Gasteiger partial charge on any atom is 0.237 e. The summed E-state index contributed by atoms with van der Waals surface area (Å²) in [7, 11) is 1.74. The third-order valence-corrected chi connectivity index (χ3v) is 5.50. The molecule has 6 heteroatoms. The van der Waals surface area contributed by atoms with Gasteiger partial charge in [-0.25, -0.2) is 4.98 Å². The number of likely N-dealkylation sites (tertiary alicyclic amines) is 2. The van der Waals surface area contributed by atoms with Crippen LogP contribution >= 0.6 is 11.3 Å². The maximum absolute atomic E-state index is 12.1. The lowest BCUT2D eigenvalue weighted by atomic mass is 10.0. The fourth-order valence-corrected chi connectivity index (χ4v) is 4.61. The van der Waals surface area contributed by atoms with E-state index in [9.17, 15) is 4.79 Å². The zero-order chi connectivity index (χ0) is 15.0. The number of carbonyl (C=O) groups excluding carboxylic acids is 1. The quantitative estimate of drug-likeness (QED) is 0.907. The van der Waals surface area contributed by atoms with Gasteiger partial charge >= 0.3 is 0 Å².